The van der Waals surface area contributed by atoms with E-state index < -0.39 is 0 Å². The fourth-order valence-electron chi connectivity index (χ4n) is 0.979. The van der Waals surface area contributed by atoms with Gasteiger partial charge in [-0.3, -0.25) is 0 Å². The molecular weight excluding hydrogens is 188 g/mol. The standard InChI is InChI=1S/C9H11ClN2O/c1-3-8(11)7-4-6(10)5-12-9(7)13-2/h3-5,8H,1,11H2,2H3. The molecule has 0 saturated heterocycles. The Bertz CT molecular complexity index is 314. The maximum Gasteiger partial charge on any atom is 0.218 e. The molecule has 3 nitrogen and oxygen atoms in total. The van der Waals surface area contributed by atoms with Crippen LogP contribution < -0.4 is 10.5 Å². The number of halogens is 1. The summed E-state index contributed by atoms with van der Waals surface area (Å²) in [5.41, 5.74) is 6.48. The largest absolute Gasteiger partial charge is 0.481 e. The summed E-state index contributed by atoms with van der Waals surface area (Å²) in [5, 5.41) is 0.535. The summed E-state index contributed by atoms with van der Waals surface area (Å²) in [4.78, 5) is 3.98. The fourth-order valence-corrected chi connectivity index (χ4v) is 1.15. The van der Waals surface area contributed by atoms with Gasteiger partial charge in [0.05, 0.1) is 18.2 Å². The normalized spacial score (nSPS) is 12.2. The van der Waals surface area contributed by atoms with E-state index in [-0.39, 0.29) is 6.04 Å². The molecule has 0 amide bonds. The number of aromatic nitrogens is 1. The van der Waals surface area contributed by atoms with Crippen molar-refractivity contribution in [3.63, 3.8) is 0 Å². The number of pyridine rings is 1. The highest BCUT2D eigenvalue weighted by molar-refractivity contribution is 6.30. The fraction of sp³-hybridized carbons (Fsp3) is 0.222. The van der Waals surface area contributed by atoms with Crippen molar-refractivity contribution in [3.8, 4) is 5.88 Å². The molecule has 13 heavy (non-hydrogen) atoms. The minimum atomic E-state index is -0.304. The van der Waals surface area contributed by atoms with Crippen molar-refractivity contribution < 1.29 is 4.74 Å². The van der Waals surface area contributed by atoms with Gasteiger partial charge in [-0.15, -0.1) is 6.58 Å². The lowest BCUT2D eigenvalue weighted by Crippen LogP contribution is -2.09. The Morgan fingerprint density at radius 3 is 3.00 bits per heavy atom. The molecule has 1 rings (SSSR count). The molecule has 1 unspecified atom stereocenters. The van der Waals surface area contributed by atoms with Crippen molar-refractivity contribution in [2.24, 2.45) is 5.73 Å². The average Bonchev–Trinajstić information content (AvgIpc) is 2.16. The molecule has 0 aliphatic rings. The molecule has 1 aromatic rings. The van der Waals surface area contributed by atoms with Crippen LogP contribution in [-0.4, -0.2) is 12.1 Å². The zero-order valence-electron chi connectivity index (χ0n) is 7.33. The van der Waals surface area contributed by atoms with Crippen molar-refractivity contribution in [1.82, 2.24) is 4.98 Å². The third-order valence-electron chi connectivity index (χ3n) is 1.65. The van der Waals surface area contributed by atoms with Gasteiger partial charge >= 0.3 is 0 Å². The zero-order valence-corrected chi connectivity index (χ0v) is 8.08. The third kappa shape index (κ3) is 2.20. The second kappa shape index (κ2) is 4.25. The van der Waals surface area contributed by atoms with Crippen LogP contribution in [0.15, 0.2) is 24.9 Å². The molecule has 4 heteroatoms. The molecule has 0 bridgehead atoms. The van der Waals surface area contributed by atoms with Gasteiger partial charge in [0.1, 0.15) is 0 Å². The van der Waals surface area contributed by atoms with Gasteiger partial charge in [-0.2, -0.15) is 0 Å². The monoisotopic (exact) mass is 198 g/mol. The van der Waals surface area contributed by atoms with E-state index in [4.69, 9.17) is 22.1 Å². The quantitative estimate of drug-likeness (QED) is 0.755. The van der Waals surface area contributed by atoms with Crippen LogP contribution in [0.25, 0.3) is 0 Å². The molecule has 0 spiro atoms. The van der Waals surface area contributed by atoms with E-state index in [1.807, 2.05) is 0 Å². The Labute approximate surface area is 82.2 Å². The van der Waals surface area contributed by atoms with Crippen molar-refractivity contribution in [2.45, 2.75) is 6.04 Å². The molecule has 1 atom stereocenters. The first kappa shape index (κ1) is 10.0. The number of hydrogen-bond donors (Lipinski definition) is 1. The molecule has 0 fully saturated rings. The van der Waals surface area contributed by atoms with Crippen molar-refractivity contribution >= 4 is 11.6 Å². The highest BCUT2D eigenvalue weighted by atomic mass is 35.5. The third-order valence-corrected chi connectivity index (χ3v) is 1.86. The second-order valence-corrected chi connectivity index (χ2v) is 2.95. The predicted octanol–water partition coefficient (Wildman–Crippen LogP) is 1.93. The van der Waals surface area contributed by atoms with Crippen LogP contribution in [0.5, 0.6) is 5.88 Å². The van der Waals surface area contributed by atoms with Gasteiger partial charge in [0.15, 0.2) is 0 Å². The Kier molecular flexibility index (Phi) is 3.28. The van der Waals surface area contributed by atoms with Crippen LogP contribution in [0.3, 0.4) is 0 Å². The summed E-state index contributed by atoms with van der Waals surface area (Å²) in [6.45, 7) is 3.59. The number of ether oxygens (including phenoxy) is 1. The maximum absolute atomic E-state index is 5.77. The van der Waals surface area contributed by atoms with Gasteiger partial charge in [-0.1, -0.05) is 17.7 Å². The van der Waals surface area contributed by atoms with Crippen molar-refractivity contribution in [1.29, 1.82) is 0 Å². The van der Waals surface area contributed by atoms with E-state index in [0.717, 1.165) is 5.56 Å². The SMILES string of the molecule is C=CC(N)c1cc(Cl)cnc1OC. The number of rotatable bonds is 3. The molecule has 1 heterocycles. The van der Waals surface area contributed by atoms with Crippen molar-refractivity contribution in [2.75, 3.05) is 7.11 Å². The van der Waals surface area contributed by atoms with Crippen LogP contribution in [-0.2, 0) is 0 Å². The van der Waals surface area contributed by atoms with E-state index in [1.165, 1.54) is 13.3 Å². The van der Waals surface area contributed by atoms with Crippen LogP contribution in [0, 0.1) is 0 Å². The van der Waals surface area contributed by atoms with Gasteiger partial charge in [0.25, 0.3) is 0 Å². The van der Waals surface area contributed by atoms with Gasteiger partial charge < -0.3 is 10.5 Å². The summed E-state index contributed by atoms with van der Waals surface area (Å²) in [5.74, 6) is 0.483. The lowest BCUT2D eigenvalue weighted by molar-refractivity contribution is 0.391. The number of hydrogen-bond acceptors (Lipinski definition) is 3. The van der Waals surface area contributed by atoms with Crippen molar-refractivity contribution in [3.05, 3.63) is 35.5 Å². The molecule has 0 saturated carbocycles. The predicted molar refractivity (Wildman–Crippen MR) is 52.9 cm³/mol. The van der Waals surface area contributed by atoms with Gasteiger partial charge in [-0.05, 0) is 6.07 Å². The first-order chi connectivity index (χ1) is 6.19. The number of nitrogens with two attached hydrogens (primary N) is 1. The first-order valence-corrected chi connectivity index (χ1v) is 4.14. The van der Waals surface area contributed by atoms with E-state index in [9.17, 15) is 0 Å². The Morgan fingerprint density at radius 2 is 2.46 bits per heavy atom. The van der Waals surface area contributed by atoms with Gasteiger partial charge in [-0.25, -0.2) is 4.98 Å². The van der Waals surface area contributed by atoms with Crippen LogP contribution in [0.4, 0.5) is 0 Å². The zero-order chi connectivity index (χ0) is 9.84. The molecule has 0 aliphatic carbocycles. The summed E-state index contributed by atoms with van der Waals surface area (Å²) in [7, 11) is 1.54. The number of methoxy groups -OCH3 is 1. The number of nitrogens with zero attached hydrogens (tertiary/aromatic N) is 1. The Balaban J connectivity index is 3.14. The van der Waals surface area contributed by atoms with Gasteiger partial charge in [0.2, 0.25) is 5.88 Å². The first-order valence-electron chi connectivity index (χ1n) is 3.76. The van der Waals surface area contributed by atoms with Crippen LogP contribution in [0.2, 0.25) is 5.02 Å². The average molecular weight is 199 g/mol. The molecule has 2 N–H and O–H groups in total. The summed E-state index contributed by atoms with van der Waals surface area (Å²) < 4.78 is 5.03. The highest BCUT2D eigenvalue weighted by Crippen LogP contribution is 2.24. The molecule has 70 valence electrons. The topological polar surface area (TPSA) is 48.1 Å². The Morgan fingerprint density at radius 1 is 1.77 bits per heavy atom. The maximum atomic E-state index is 5.77. The minimum Gasteiger partial charge on any atom is -0.481 e. The van der Waals surface area contributed by atoms with E-state index >= 15 is 0 Å². The highest BCUT2D eigenvalue weighted by Gasteiger charge is 2.10. The summed E-state index contributed by atoms with van der Waals surface area (Å²) in [6.07, 6.45) is 3.12. The lowest BCUT2D eigenvalue weighted by Gasteiger charge is -2.10. The molecule has 0 radical (unpaired) electrons. The van der Waals surface area contributed by atoms with Crippen LogP contribution >= 0.6 is 11.6 Å². The Hall–Kier alpha value is -1.06. The molecule has 1 aromatic heterocycles. The summed E-state index contributed by atoms with van der Waals surface area (Å²) >= 11 is 5.77. The summed E-state index contributed by atoms with van der Waals surface area (Å²) in [6, 6.07) is 1.42. The van der Waals surface area contributed by atoms with Gasteiger partial charge in [0, 0.05) is 11.8 Å². The molecular formula is C9H11ClN2O. The van der Waals surface area contributed by atoms with E-state index in [0.29, 0.717) is 10.9 Å². The second-order valence-electron chi connectivity index (χ2n) is 2.51. The minimum absolute atomic E-state index is 0.304. The lowest BCUT2D eigenvalue weighted by atomic mass is 10.1. The smallest absolute Gasteiger partial charge is 0.218 e. The molecule has 0 aliphatic heterocycles. The molecule has 0 aromatic carbocycles. The van der Waals surface area contributed by atoms with Crippen LogP contribution in [0.1, 0.15) is 11.6 Å². The van der Waals surface area contributed by atoms with E-state index in [1.54, 1.807) is 12.1 Å². The van der Waals surface area contributed by atoms with E-state index in [2.05, 4.69) is 11.6 Å².